The van der Waals surface area contributed by atoms with Gasteiger partial charge in [0.05, 0.1) is 17.8 Å². The molecule has 2 heterocycles. The fourth-order valence-corrected chi connectivity index (χ4v) is 3.24. The molecule has 0 fully saturated rings. The molecule has 1 aromatic heterocycles. The molecule has 0 saturated carbocycles. The Balaban J connectivity index is 1.64. The predicted octanol–water partition coefficient (Wildman–Crippen LogP) is 3.04. The summed E-state index contributed by atoms with van der Waals surface area (Å²) in [4.78, 5) is 28.8. The van der Waals surface area contributed by atoms with Crippen molar-refractivity contribution in [3.8, 4) is 0 Å². The molecule has 1 aliphatic rings. The summed E-state index contributed by atoms with van der Waals surface area (Å²) < 4.78 is 0. The first-order valence-corrected chi connectivity index (χ1v) is 8.26. The van der Waals surface area contributed by atoms with Gasteiger partial charge in [0.1, 0.15) is 5.92 Å². The second-order valence-corrected chi connectivity index (χ2v) is 6.23. The molecule has 130 valence electrons. The molecule has 3 aromatic rings. The van der Waals surface area contributed by atoms with Crippen LogP contribution in [0.25, 0.3) is 10.9 Å². The highest BCUT2D eigenvalue weighted by atomic mass is 16.2. The number of urea groups is 1. The normalized spacial score (nSPS) is 19.7. The third kappa shape index (κ3) is 2.95. The van der Waals surface area contributed by atoms with Gasteiger partial charge in [0.15, 0.2) is 0 Å². The maximum Gasteiger partial charge on any atom is 0.341 e. The van der Waals surface area contributed by atoms with E-state index in [1.54, 1.807) is 13.1 Å². The lowest BCUT2D eigenvalue weighted by atomic mass is 9.87. The summed E-state index contributed by atoms with van der Waals surface area (Å²) in [5.74, 6) is -0.807. The number of fused-ring (bicyclic) bond motifs is 1. The number of H-pyrrole nitrogens is 1. The maximum atomic E-state index is 13.0. The third-order valence-corrected chi connectivity index (χ3v) is 4.49. The zero-order chi connectivity index (χ0) is 18.1. The monoisotopic (exact) mass is 347 g/mol. The number of benzene rings is 2. The number of hydrogen-bond acceptors (Lipinski definition) is 3. The molecule has 4 rings (SSSR count). The highest BCUT2D eigenvalue weighted by Crippen LogP contribution is 2.28. The Kier molecular flexibility index (Phi) is 3.96. The Labute approximate surface area is 149 Å². The van der Waals surface area contributed by atoms with Gasteiger partial charge >= 0.3 is 6.03 Å². The summed E-state index contributed by atoms with van der Waals surface area (Å²) >= 11 is 0. The molecule has 0 aliphatic carbocycles. The van der Waals surface area contributed by atoms with E-state index >= 15 is 0 Å². The number of aliphatic imine (C=N–C) groups is 1. The fraction of sp³-hybridized carbons (Fsp3) is 0.158. The lowest BCUT2D eigenvalue weighted by Crippen LogP contribution is -2.45. The molecule has 3 N–H and O–H groups in total. The van der Waals surface area contributed by atoms with E-state index in [2.05, 4.69) is 25.8 Å². The van der Waals surface area contributed by atoms with Crippen LogP contribution in [0, 0.1) is 5.92 Å². The van der Waals surface area contributed by atoms with Crippen LogP contribution in [0.15, 0.2) is 59.7 Å². The number of aromatic amines is 1. The van der Waals surface area contributed by atoms with Crippen LogP contribution in [0.4, 0.5) is 10.5 Å². The number of anilines is 1. The van der Waals surface area contributed by atoms with E-state index < -0.39 is 18.0 Å². The Morgan fingerprint density at radius 3 is 2.77 bits per heavy atom. The quantitative estimate of drug-likeness (QED) is 0.679. The molecular weight excluding hydrogens is 330 g/mol. The summed E-state index contributed by atoms with van der Waals surface area (Å²) in [5, 5.41) is 13.5. The number of nitrogens with one attached hydrogen (secondary N) is 3. The third-order valence-electron chi connectivity index (χ3n) is 4.49. The number of nitrogens with zero attached hydrogens (tertiary/aromatic N) is 2. The first-order chi connectivity index (χ1) is 12.6. The van der Waals surface area contributed by atoms with Gasteiger partial charge < -0.3 is 10.6 Å². The summed E-state index contributed by atoms with van der Waals surface area (Å²) in [7, 11) is 0. The summed E-state index contributed by atoms with van der Waals surface area (Å²) in [5.41, 5.74) is 2.92. The van der Waals surface area contributed by atoms with Gasteiger partial charge in [-0.1, -0.05) is 30.3 Å². The average molecular weight is 347 g/mol. The van der Waals surface area contributed by atoms with E-state index in [0.717, 1.165) is 16.5 Å². The minimum Gasteiger partial charge on any atom is -0.328 e. The molecule has 3 amide bonds. The van der Waals surface area contributed by atoms with E-state index in [1.165, 1.54) is 0 Å². The number of carbonyl (C=O) groups is 2. The molecule has 2 aromatic carbocycles. The van der Waals surface area contributed by atoms with Gasteiger partial charge in [-0.3, -0.25) is 9.89 Å². The summed E-state index contributed by atoms with van der Waals surface area (Å²) in [6.45, 7) is 1.71. The number of rotatable bonds is 3. The molecule has 26 heavy (non-hydrogen) atoms. The smallest absolute Gasteiger partial charge is 0.328 e. The van der Waals surface area contributed by atoms with E-state index in [-0.39, 0.29) is 5.91 Å². The SMILES string of the molecule is CC1=NC(=O)NC(c2ccccc2)C1C(=O)Nc1ccc2[nH]ncc2c1. The van der Waals surface area contributed by atoms with Crippen LogP contribution in [0.1, 0.15) is 18.5 Å². The largest absolute Gasteiger partial charge is 0.341 e. The number of carbonyl (C=O) groups excluding carboxylic acids is 2. The summed E-state index contributed by atoms with van der Waals surface area (Å²) in [6, 6.07) is 14.1. The van der Waals surface area contributed by atoms with Crippen molar-refractivity contribution in [1.29, 1.82) is 0 Å². The lowest BCUT2D eigenvalue weighted by Gasteiger charge is -2.30. The van der Waals surface area contributed by atoms with Crippen molar-refractivity contribution in [2.24, 2.45) is 10.9 Å². The Morgan fingerprint density at radius 2 is 1.96 bits per heavy atom. The molecule has 2 unspecified atom stereocenters. The standard InChI is InChI=1S/C19H17N5O2/c1-11-16(17(23-19(26)21-11)12-5-3-2-4-6-12)18(25)22-14-7-8-15-13(9-14)10-20-24-15/h2-10,16-17H,1H3,(H,20,24)(H,22,25)(H,23,26). The van der Waals surface area contributed by atoms with Gasteiger partial charge in [0.25, 0.3) is 0 Å². The molecule has 7 nitrogen and oxygen atoms in total. The molecule has 7 heteroatoms. The Morgan fingerprint density at radius 1 is 1.15 bits per heavy atom. The van der Waals surface area contributed by atoms with Crippen LogP contribution in [-0.4, -0.2) is 27.8 Å². The minimum atomic E-state index is -0.588. The van der Waals surface area contributed by atoms with Gasteiger partial charge in [-0.15, -0.1) is 0 Å². The second kappa shape index (κ2) is 6.44. The van der Waals surface area contributed by atoms with Gasteiger partial charge in [-0.05, 0) is 30.7 Å². The van der Waals surface area contributed by atoms with Crippen LogP contribution >= 0.6 is 0 Å². The van der Waals surface area contributed by atoms with Crippen molar-refractivity contribution in [3.05, 3.63) is 60.3 Å². The van der Waals surface area contributed by atoms with Gasteiger partial charge in [-0.25, -0.2) is 9.79 Å². The molecule has 0 bridgehead atoms. The van der Waals surface area contributed by atoms with Crippen molar-refractivity contribution in [3.63, 3.8) is 0 Å². The molecule has 0 spiro atoms. The molecule has 0 saturated heterocycles. The zero-order valence-electron chi connectivity index (χ0n) is 14.1. The fourth-order valence-electron chi connectivity index (χ4n) is 3.24. The van der Waals surface area contributed by atoms with Crippen LogP contribution in [-0.2, 0) is 4.79 Å². The van der Waals surface area contributed by atoms with Crippen LogP contribution in [0.3, 0.4) is 0 Å². The Bertz CT molecular complexity index is 1010. The zero-order valence-corrected chi connectivity index (χ0v) is 14.1. The van der Waals surface area contributed by atoms with Crippen LogP contribution in [0.2, 0.25) is 0 Å². The van der Waals surface area contributed by atoms with E-state index in [1.807, 2.05) is 48.5 Å². The average Bonchev–Trinajstić information content (AvgIpc) is 3.09. The van der Waals surface area contributed by atoms with Gasteiger partial charge in [-0.2, -0.15) is 5.10 Å². The van der Waals surface area contributed by atoms with E-state index in [9.17, 15) is 9.59 Å². The lowest BCUT2D eigenvalue weighted by molar-refractivity contribution is -0.118. The van der Waals surface area contributed by atoms with Crippen molar-refractivity contribution in [1.82, 2.24) is 15.5 Å². The van der Waals surface area contributed by atoms with Crippen LogP contribution < -0.4 is 10.6 Å². The number of aromatic nitrogens is 2. The highest BCUT2D eigenvalue weighted by Gasteiger charge is 2.36. The van der Waals surface area contributed by atoms with Crippen molar-refractivity contribution in [2.45, 2.75) is 13.0 Å². The van der Waals surface area contributed by atoms with Crippen molar-refractivity contribution in [2.75, 3.05) is 5.32 Å². The van der Waals surface area contributed by atoms with Gasteiger partial charge in [0.2, 0.25) is 5.91 Å². The highest BCUT2D eigenvalue weighted by molar-refractivity contribution is 6.13. The summed E-state index contributed by atoms with van der Waals surface area (Å²) in [6.07, 6.45) is 1.70. The Hall–Kier alpha value is -3.48. The first kappa shape index (κ1) is 16.0. The number of amides is 3. The number of hydrogen-bond donors (Lipinski definition) is 3. The van der Waals surface area contributed by atoms with E-state index in [4.69, 9.17) is 0 Å². The molecule has 2 atom stereocenters. The topological polar surface area (TPSA) is 99.2 Å². The minimum absolute atomic E-state index is 0.219. The van der Waals surface area contributed by atoms with Crippen molar-refractivity contribution < 1.29 is 9.59 Å². The predicted molar refractivity (Wildman–Crippen MR) is 99.0 cm³/mol. The molecular formula is C19H17N5O2. The molecule has 1 aliphatic heterocycles. The maximum absolute atomic E-state index is 13.0. The second-order valence-electron chi connectivity index (χ2n) is 6.23. The van der Waals surface area contributed by atoms with Gasteiger partial charge in [0, 0.05) is 16.8 Å². The molecule has 0 radical (unpaired) electrons. The van der Waals surface area contributed by atoms with Crippen molar-refractivity contribution >= 4 is 34.2 Å². The van der Waals surface area contributed by atoms with Crippen LogP contribution in [0.5, 0.6) is 0 Å². The first-order valence-electron chi connectivity index (χ1n) is 8.26. The van der Waals surface area contributed by atoms with E-state index in [0.29, 0.717) is 11.4 Å².